The van der Waals surface area contributed by atoms with Crippen molar-refractivity contribution < 1.29 is 9.59 Å². The van der Waals surface area contributed by atoms with Gasteiger partial charge in [0.15, 0.2) is 0 Å². The van der Waals surface area contributed by atoms with Crippen LogP contribution in [0.15, 0.2) is 24.3 Å². The molecule has 1 aliphatic rings. The van der Waals surface area contributed by atoms with E-state index >= 15 is 0 Å². The number of carbonyl (C=O) groups excluding carboxylic acids is 2. The predicted molar refractivity (Wildman–Crippen MR) is 106 cm³/mol. The first-order chi connectivity index (χ1) is 12.3. The number of nitrogens with zero attached hydrogens (tertiary/aromatic N) is 1. The van der Waals surface area contributed by atoms with Crippen molar-refractivity contribution in [3.05, 3.63) is 56.3 Å². The monoisotopic (exact) mass is 370 g/mol. The van der Waals surface area contributed by atoms with Crippen molar-refractivity contribution in [3.63, 3.8) is 0 Å². The molecule has 0 unspecified atom stereocenters. The molecule has 1 aliphatic carbocycles. The highest BCUT2D eigenvalue weighted by molar-refractivity contribution is 7.14. The summed E-state index contributed by atoms with van der Waals surface area (Å²) in [7, 11) is 3.54. The Morgan fingerprint density at radius 2 is 1.96 bits per heavy atom. The number of fused-ring (bicyclic) bond motifs is 1. The Balaban J connectivity index is 1.61. The van der Waals surface area contributed by atoms with Crippen molar-refractivity contribution in [2.45, 2.75) is 39.7 Å². The van der Waals surface area contributed by atoms with E-state index in [1.54, 1.807) is 30.3 Å². The van der Waals surface area contributed by atoms with Crippen molar-refractivity contribution in [1.82, 2.24) is 10.2 Å². The Bertz CT molecular complexity index is 839. The van der Waals surface area contributed by atoms with E-state index in [0.29, 0.717) is 6.54 Å². The number of aryl methyl sites for hydroxylation is 3. The van der Waals surface area contributed by atoms with Crippen LogP contribution in [0.25, 0.3) is 0 Å². The molecule has 4 nitrogen and oxygen atoms in total. The summed E-state index contributed by atoms with van der Waals surface area (Å²) in [6, 6.07) is 8.27. The predicted octanol–water partition coefficient (Wildman–Crippen LogP) is 3.49. The third kappa shape index (κ3) is 3.98. The molecule has 0 radical (unpaired) electrons. The fourth-order valence-corrected chi connectivity index (χ4v) is 4.55. The van der Waals surface area contributed by atoms with Crippen LogP contribution in [-0.4, -0.2) is 30.8 Å². The van der Waals surface area contributed by atoms with Gasteiger partial charge in [0, 0.05) is 31.4 Å². The Hall–Kier alpha value is -2.14. The highest BCUT2D eigenvalue weighted by atomic mass is 32.1. The van der Waals surface area contributed by atoms with Gasteiger partial charge in [0.2, 0.25) is 5.91 Å². The smallest absolute Gasteiger partial charge is 0.263 e. The Labute approximate surface area is 159 Å². The molecule has 1 N–H and O–H groups in total. The maximum Gasteiger partial charge on any atom is 0.263 e. The van der Waals surface area contributed by atoms with E-state index in [1.165, 1.54) is 16.0 Å². The topological polar surface area (TPSA) is 49.4 Å². The van der Waals surface area contributed by atoms with E-state index < -0.39 is 0 Å². The molecule has 138 valence electrons. The second-order valence-corrected chi connectivity index (χ2v) is 8.47. The molecule has 0 aliphatic heterocycles. The third-order valence-electron chi connectivity index (χ3n) is 5.11. The van der Waals surface area contributed by atoms with Gasteiger partial charge < -0.3 is 10.2 Å². The largest absolute Gasteiger partial charge is 0.352 e. The summed E-state index contributed by atoms with van der Waals surface area (Å²) >= 11 is 1.58. The number of amides is 2. The van der Waals surface area contributed by atoms with E-state index in [2.05, 4.69) is 37.4 Å². The molecule has 26 heavy (non-hydrogen) atoms. The van der Waals surface area contributed by atoms with E-state index in [-0.39, 0.29) is 17.7 Å². The van der Waals surface area contributed by atoms with Gasteiger partial charge in [0.1, 0.15) is 0 Å². The highest BCUT2D eigenvalue weighted by Gasteiger charge is 2.27. The molecule has 1 aromatic heterocycles. The minimum atomic E-state index is -0.00838. The van der Waals surface area contributed by atoms with Gasteiger partial charge in [0.05, 0.1) is 4.88 Å². The van der Waals surface area contributed by atoms with Gasteiger partial charge in [-0.3, -0.25) is 9.59 Å². The number of thiophene rings is 1. The normalized spacial score (nSPS) is 16.1. The van der Waals surface area contributed by atoms with Crippen molar-refractivity contribution in [1.29, 1.82) is 0 Å². The maximum absolute atomic E-state index is 12.6. The molecule has 0 bridgehead atoms. The van der Waals surface area contributed by atoms with Gasteiger partial charge in [-0.25, -0.2) is 0 Å². The van der Waals surface area contributed by atoms with Crippen molar-refractivity contribution in [2.24, 2.45) is 5.92 Å². The molecule has 2 amide bonds. The van der Waals surface area contributed by atoms with Gasteiger partial charge in [-0.05, 0) is 61.4 Å². The van der Waals surface area contributed by atoms with E-state index in [4.69, 9.17) is 0 Å². The number of rotatable bonds is 4. The van der Waals surface area contributed by atoms with Crippen LogP contribution in [0, 0.1) is 19.8 Å². The zero-order chi connectivity index (χ0) is 18.8. The molecule has 1 heterocycles. The van der Waals surface area contributed by atoms with Crippen molar-refractivity contribution in [2.75, 3.05) is 14.1 Å². The molecular weight excluding hydrogens is 344 g/mol. The van der Waals surface area contributed by atoms with Crippen LogP contribution in [0.3, 0.4) is 0 Å². The van der Waals surface area contributed by atoms with E-state index in [9.17, 15) is 9.59 Å². The van der Waals surface area contributed by atoms with Gasteiger partial charge in [-0.15, -0.1) is 11.3 Å². The van der Waals surface area contributed by atoms with Crippen LogP contribution >= 0.6 is 11.3 Å². The number of carbonyl (C=O) groups is 2. The van der Waals surface area contributed by atoms with Crippen LogP contribution in [-0.2, 0) is 24.2 Å². The average molecular weight is 371 g/mol. The minimum absolute atomic E-state index is 0.00838. The standard InChI is InChI=1S/C21H26N2O2S/c1-13-5-6-15(9-14(13)2)12-22-20(24)16-7-8-18-17(10-16)11-19(26-18)21(25)23(3)4/h5-6,9,11,16H,7-8,10,12H2,1-4H3,(H,22,24)/t16-/m1/s1. The molecule has 1 aromatic carbocycles. The second kappa shape index (κ2) is 7.62. The summed E-state index contributed by atoms with van der Waals surface area (Å²) in [6.45, 7) is 4.75. The molecule has 5 heteroatoms. The highest BCUT2D eigenvalue weighted by Crippen LogP contribution is 2.33. The zero-order valence-corrected chi connectivity index (χ0v) is 16.7. The van der Waals surface area contributed by atoms with Gasteiger partial charge in [-0.2, -0.15) is 0 Å². The van der Waals surface area contributed by atoms with Gasteiger partial charge in [-0.1, -0.05) is 18.2 Å². The number of hydrogen-bond acceptors (Lipinski definition) is 3. The van der Waals surface area contributed by atoms with Crippen LogP contribution in [0.2, 0.25) is 0 Å². The first-order valence-electron chi connectivity index (χ1n) is 9.02. The molecule has 2 aromatic rings. The summed E-state index contributed by atoms with van der Waals surface area (Å²) in [4.78, 5) is 28.4. The fraction of sp³-hybridized carbons (Fsp3) is 0.429. The molecule has 0 spiro atoms. The molecule has 1 atom stereocenters. The lowest BCUT2D eigenvalue weighted by atomic mass is 9.87. The summed E-state index contributed by atoms with van der Waals surface area (Å²) in [5.41, 5.74) is 4.81. The Morgan fingerprint density at radius 1 is 1.19 bits per heavy atom. The minimum Gasteiger partial charge on any atom is -0.352 e. The summed E-state index contributed by atoms with van der Waals surface area (Å²) in [6.07, 6.45) is 2.45. The van der Waals surface area contributed by atoms with Crippen LogP contribution in [0.1, 0.15) is 43.2 Å². The Kier molecular flexibility index (Phi) is 5.47. The lowest BCUT2D eigenvalue weighted by Gasteiger charge is -2.21. The average Bonchev–Trinajstić information content (AvgIpc) is 3.04. The number of nitrogens with one attached hydrogen (secondary N) is 1. The van der Waals surface area contributed by atoms with E-state index in [1.807, 2.05) is 6.07 Å². The molecule has 0 saturated carbocycles. The van der Waals surface area contributed by atoms with Crippen molar-refractivity contribution >= 4 is 23.2 Å². The molecule has 0 fully saturated rings. The van der Waals surface area contributed by atoms with Gasteiger partial charge in [0.25, 0.3) is 5.91 Å². The summed E-state index contributed by atoms with van der Waals surface area (Å²) in [5, 5.41) is 3.08. The Morgan fingerprint density at radius 3 is 2.65 bits per heavy atom. The number of hydrogen-bond donors (Lipinski definition) is 1. The van der Waals surface area contributed by atoms with Gasteiger partial charge >= 0.3 is 0 Å². The van der Waals surface area contributed by atoms with E-state index in [0.717, 1.165) is 35.3 Å². The lowest BCUT2D eigenvalue weighted by Crippen LogP contribution is -2.33. The van der Waals surface area contributed by atoms with Crippen LogP contribution in [0.4, 0.5) is 0 Å². The third-order valence-corrected chi connectivity index (χ3v) is 6.33. The first-order valence-corrected chi connectivity index (χ1v) is 9.84. The summed E-state index contributed by atoms with van der Waals surface area (Å²) in [5.74, 6) is 0.145. The molecular formula is C21H26N2O2S. The summed E-state index contributed by atoms with van der Waals surface area (Å²) < 4.78 is 0. The van der Waals surface area contributed by atoms with Crippen molar-refractivity contribution in [3.8, 4) is 0 Å². The SMILES string of the molecule is Cc1ccc(CNC(=O)[C@@H]2CCc3sc(C(=O)N(C)C)cc3C2)cc1C. The van der Waals surface area contributed by atoms with Crippen LogP contribution < -0.4 is 5.32 Å². The second-order valence-electron chi connectivity index (χ2n) is 7.33. The number of benzene rings is 1. The first kappa shape index (κ1) is 18.6. The molecule has 3 rings (SSSR count). The fourth-order valence-electron chi connectivity index (χ4n) is 3.32. The molecule has 0 saturated heterocycles. The quantitative estimate of drug-likeness (QED) is 0.896. The lowest BCUT2D eigenvalue weighted by molar-refractivity contribution is -0.125. The van der Waals surface area contributed by atoms with Crippen LogP contribution in [0.5, 0.6) is 0 Å². The zero-order valence-electron chi connectivity index (χ0n) is 15.9. The maximum atomic E-state index is 12.6.